The molecule has 7 nitrogen and oxygen atoms in total. The molecule has 0 radical (unpaired) electrons. The van der Waals surface area contributed by atoms with Crippen LogP contribution in [0.3, 0.4) is 0 Å². The normalized spacial score (nSPS) is 14.5. The molecule has 3 N–H and O–H groups in total. The smallest absolute Gasteiger partial charge is 0.339 e. The van der Waals surface area contributed by atoms with Crippen molar-refractivity contribution in [2.24, 2.45) is 0 Å². The molecule has 0 atom stereocenters. The third-order valence-electron chi connectivity index (χ3n) is 5.04. The maximum atomic E-state index is 13.5. The van der Waals surface area contributed by atoms with E-state index in [0.29, 0.717) is 20.9 Å². The number of carboxylic acid groups (broad SMARTS) is 1. The lowest BCUT2D eigenvalue weighted by atomic mass is 10.1. The van der Waals surface area contributed by atoms with Crippen molar-refractivity contribution < 1.29 is 33.4 Å². The van der Waals surface area contributed by atoms with Gasteiger partial charge in [0.2, 0.25) is 5.91 Å². The molecule has 2 amide bonds. The monoisotopic (exact) mass is 546 g/mol. The van der Waals surface area contributed by atoms with E-state index in [-0.39, 0.29) is 34.4 Å². The van der Waals surface area contributed by atoms with E-state index >= 15 is 0 Å². The number of carbonyl (C=O) groups is 3. The number of amides is 2. The molecule has 1 aliphatic rings. The van der Waals surface area contributed by atoms with Crippen LogP contribution in [0.4, 0.5) is 14.5 Å². The fourth-order valence-corrected chi connectivity index (χ4v) is 5.57. The van der Waals surface area contributed by atoms with E-state index in [9.17, 15) is 28.3 Å². The van der Waals surface area contributed by atoms with Crippen LogP contribution >= 0.6 is 35.3 Å². The van der Waals surface area contributed by atoms with Gasteiger partial charge in [-0.25, -0.2) is 13.6 Å². The van der Waals surface area contributed by atoms with E-state index in [1.807, 2.05) is 0 Å². The second-order valence-corrected chi connectivity index (χ2v) is 10.2. The predicted molar refractivity (Wildman–Crippen MR) is 138 cm³/mol. The molecule has 1 fully saturated rings. The van der Waals surface area contributed by atoms with E-state index in [1.165, 1.54) is 40.5 Å². The summed E-state index contributed by atoms with van der Waals surface area (Å²) >= 11 is 7.67. The molecule has 0 unspecified atom stereocenters. The minimum absolute atomic E-state index is 0.0191. The minimum Gasteiger partial charge on any atom is -0.507 e. The summed E-state index contributed by atoms with van der Waals surface area (Å²) in [5.74, 6) is -3.97. The summed E-state index contributed by atoms with van der Waals surface area (Å²) in [5.41, 5.74) is 0.907. The number of aromatic hydroxyl groups is 1. The molecule has 12 heteroatoms. The van der Waals surface area contributed by atoms with E-state index in [4.69, 9.17) is 17.3 Å². The lowest BCUT2D eigenvalue weighted by molar-refractivity contribution is -0.122. The van der Waals surface area contributed by atoms with Crippen molar-refractivity contribution in [2.75, 3.05) is 11.9 Å². The quantitative estimate of drug-likeness (QED) is 0.272. The Morgan fingerprint density at radius 2 is 1.81 bits per heavy atom. The van der Waals surface area contributed by atoms with Crippen molar-refractivity contribution in [2.45, 2.75) is 6.42 Å². The Balaban J connectivity index is 1.38. The van der Waals surface area contributed by atoms with Crippen LogP contribution < -0.4 is 5.32 Å². The maximum Gasteiger partial charge on any atom is 0.339 e. The number of hydrogen-bond acceptors (Lipinski definition) is 7. The molecule has 3 aromatic rings. The highest BCUT2D eigenvalue weighted by Crippen LogP contribution is 2.35. The van der Waals surface area contributed by atoms with Crippen molar-refractivity contribution in [3.8, 4) is 16.9 Å². The van der Waals surface area contributed by atoms with Gasteiger partial charge >= 0.3 is 5.97 Å². The van der Waals surface area contributed by atoms with E-state index in [2.05, 4.69) is 5.32 Å². The summed E-state index contributed by atoms with van der Waals surface area (Å²) in [6.45, 7) is 0.0191. The first-order valence-electron chi connectivity index (χ1n) is 10.3. The molecule has 0 bridgehead atoms. The highest BCUT2D eigenvalue weighted by molar-refractivity contribution is 8.26. The first-order chi connectivity index (χ1) is 17.1. The number of hydrogen-bond donors (Lipinski definition) is 3. The van der Waals surface area contributed by atoms with E-state index in [1.54, 1.807) is 17.5 Å². The number of nitrogens with one attached hydrogen (secondary N) is 1. The van der Waals surface area contributed by atoms with Gasteiger partial charge in [-0.2, -0.15) is 0 Å². The highest BCUT2D eigenvalue weighted by Gasteiger charge is 2.32. The van der Waals surface area contributed by atoms with Crippen LogP contribution in [0.5, 0.6) is 5.75 Å². The summed E-state index contributed by atoms with van der Waals surface area (Å²) in [5, 5.41) is 23.0. The third-order valence-corrected chi connectivity index (χ3v) is 7.29. The number of thiocarbonyl (C=S) groups is 1. The Labute approximate surface area is 217 Å². The van der Waals surface area contributed by atoms with Crippen LogP contribution in [0.15, 0.2) is 52.7 Å². The molecule has 0 spiro atoms. The summed E-state index contributed by atoms with van der Waals surface area (Å²) in [6.07, 6.45) is 1.55. The third kappa shape index (κ3) is 5.78. The number of thiophene rings is 1. The highest BCUT2D eigenvalue weighted by atomic mass is 32.2. The second kappa shape index (κ2) is 10.6. The molecule has 1 aromatic heterocycles. The van der Waals surface area contributed by atoms with Crippen LogP contribution in [-0.4, -0.2) is 43.8 Å². The number of halogens is 2. The van der Waals surface area contributed by atoms with Crippen LogP contribution in [-0.2, 0) is 9.59 Å². The number of benzene rings is 2. The predicted octanol–water partition coefficient (Wildman–Crippen LogP) is 5.33. The Morgan fingerprint density at radius 1 is 1.08 bits per heavy atom. The van der Waals surface area contributed by atoms with Crippen LogP contribution in [0, 0.1) is 11.6 Å². The van der Waals surface area contributed by atoms with Gasteiger partial charge in [0.25, 0.3) is 5.91 Å². The Kier molecular flexibility index (Phi) is 7.48. The molecule has 2 aromatic carbocycles. The largest absolute Gasteiger partial charge is 0.507 e. The van der Waals surface area contributed by atoms with Gasteiger partial charge in [0.15, 0.2) is 0 Å². The zero-order valence-electron chi connectivity index (χ0n) is 18.2. The SMILES string of the molecule is O=C(CCN1C(=O)/C(=C/c2cc(-c3cc(F)cc(F)c3)cs2)SC1=S)Nc1ccc(C(=O)O)c(O)c1. The number of aromatic carboxylic acids is 1. The Morgan fingerprint density at radius 3 is 2.47 bits per heavy atom. The second-order valence-electron chi connectivity index (χ2n) is 7.56. The van der Waals surface area contributed by atoms with Crippen molar-refractivity contribution in [1.29, 1.82) is 0 Å². The average molecular weight is 547 g/mol. The summed E-state index contributed by atoms with van der Waals surface area (Å²) in [7, 11) is 0. The average Bonchev–Trinajstić information content (AvgIpc) is 3.36. The van der Waals surface area contributed by atoms with E-state index < -0.39 is 29.3 Å². The Bertz CT molecular complexity index is 1420. The number of nitrogens with zero attached hydrogens (tertiary/aromatic N) is 1. The molecule has 0 saturated carbocycles. The first-order valence-corrected chi connectivity index (χ1v) is 12.4. The van der Waals surface area contributed by atoms with Gasteiger partial charge < -0.3 is 15.5 Å². The molecule has 0 aliphatic carbocycles. The van der Waals surface area contributed by atoms with Crippen LogP contribution in [0.2, 0.25) is 0 Å². The van der Waals surface area contributed by atoms with Gasteiger partial charge in [-0.3, -0.25) is 14.5 Å². The molecular formula is C24H16F2N2O5S3. The minimum atomic E-state index is -1.30. The number of phenols is 1. The molecule has 1 aliphatic heterocycles. The fraction of sp³-hybridized carbons (Fsp3) is 0.0833. The van der Waals surface area contributed by atoms with Gasteiger partial charge in [0, 0.05) is 35.7 Å². The summed E-state index contributed by atoms with van der Waals surface area (Å²) < 4.78 is 27.3. The van der Waals surface area contributed by atoms with Crippen molar-refractivity contribution >= 4 is 69.2 Å². The number of carboxylic acids is 1. The number of anilines is 1. The number of thioether (sulfide) groups is 1. The maximum absolute atomic E-state index is 13.5. The zero-order chi connectivity index (χ0) is 26.0. The number of rotatable bonds is 7. The molecule has 2 heterocycles. The van der Waals surface area contributed by atoms with Gasteiger partial charge in [-0.1, -0.05) is 24.0 Å². The lowest BCUT2D eigenvalue weighted by Crippen LogP contribution is -2.31. The van der Waals surface area contributed by atoms with E-state index in [0.717, 1.165) is 23.9 Å². The zero-order valence-corrected chi connectivity index (χ0v) is 20.6. The molecule has 184 valence electrons. The van der Waals surface area contributed by atoms with Crippen molar-refractivity contribution in [1.82, 2.24) is 4.90 Å². The van der Waals surface area contributed by atoms with Gasteiger partial charge in [0.1, 0.15) is 27.3 Å². The topological polar surface area (TPSA) is 107 Å². The van der Waals surface area contributed by atoms with Gasteiger partial charge in [-0.15, -0.1) is 11.3 Å². The Hall–Kier alpha value is -3.61. The van der Waals surface area contributed by atoms with Gasteiger partial charge in [0.05, 0.1) is 4.91 Å². The molecule has 1 saturated heterocycles. The van der Waals surface area contributed by atoms with Crippen molar-refractivity contribution in [3.63, 3.8) is 0 Å². The summed E-state index contributed by atoms with van der Waals surface area (Å²) in [6, 6.07) is 8.59. The first kappa shape index (κ1) is 25.5. The lowest BCUT2D eigenvalue weighted by Gasteiger charge is -2.14. The summed E-state index contributed by atoms with van der Waals surface area (Å²) in [4.78, 5) is 38.5. The van der Waals surface area contributed by atoms with Crippen LogP contribution in [0.1, 0.15) is 21.7 Å². The molecule has 4 rings (SSSR count). The fourth-order valence-electron chi connectivity index (χ4n) is 3.35. The number of carbonyl (C=O) groups excluding carboxylic acids is 2. The van der Waals surface area contributed by atoms with Crippen molar-refractivity contribution in [3.05, 3.63) is 74.8 Å². The van der Waals surface area contributed by atoms with Crippen LogP contribution in [0.25, 0.3) is 17.2 Å². The van der Waals surface area contributed by atoms with Gasteiger partial charge in [-0.05, 0) is 52.9 Å². The molecule has 36 heavy (non-hydrogen) atoms. The molecular weight excluding hydrogens is 530 g/mol. The standard InChI is InChI=1S/C24H16F2N2O5S3/c25-14-5-12(6-15(26)8-14)13-7-17(35-11-13)10-20-22(31)28(24(34)36-20)4-3-21(30)27-16-1-2-18(23(32)33)19(29)9-16/h1-2,5-11,29H,3-4H2,(H,27,30)(H,32,33)/b20-10-.